The molecule has 1 N–H and O–H groups in total. The summed E-state index contributed by atoms with van der Waals surface area (Å²) in [5.74, 6) is 1.71. The molecule has 0 bridgehead atoms. The van der Waals surface area contributed by atoms with Gasteiger partial charge in [-0.15, -0.1) is 35.3 Å². The first-order chi connectivity index (χ1) is 13.6. The molecule has 2 aliphatic heterocycles. The lowest BCUT2D eigenvalue weighted by Gasteiger charge is -2.38. The molecule has 2 aliphatic rings. The maximum Gasteiger partial charge on any atom is 0.308 e. The third-order valence-electron chi connectivity index (χ3n) is 6.12. The first-order valence-electron chi connectivity index (χ1n) is 10.4. The largest absolute Gasteiger partial charge is 0.469 e. The molecular weight excluding hydrogens is 499 g/mol. The molecule has 1 aromatic heterocycles. The van der Waals surface area contributed by atoms with Gasteiger partial charge in [0.05, 0.1) is 19.1 Å². The van der Waals surface area contributed by atoms with Crippen molar-refractivity contribution in [1.29, 1.82) is 0 Å². The van der Waals surface area contributed by atoms with Crippen molar-refractivity contribution in [3.63, 3.8) is 0 Å². The SMILES string of the molecule is CN=C(NCC(c1cccs1)N1CCC(C)CC1)N1CCC(C(=O)OC)CC1.I. The smallest absolute Gasteiger partial charge is 0.308 e. The Bertz CT molecular complexity index is 639. The number of carbonyl (C=O) groups excluding carboxylic acids is 1. The van der Waals surface area contributed by atoms with E-state index in [1.165, 1.54) is 24.8 Å². The number of rotatable bonds is 5. The lowest BCUT2D eigenvalue weighted by molar-refractivity contribution is -0.146. The van der Waals surface area contributed by atoms with Crippen molar-refractivity contribution in [2.24, 2.45) is 16.8 Å². The summed E-state index contributed by atoms with van der Waals surface area (Å²) in [6, 6.07) is 4.78. The van der Waals surface area contributed by atoms with Crippen molar-refractivity contribution in [2.75, 3.05) is 46.9 Å². The molecule has 164 valence electrons. The lowest BCUT2D eigenvalue weighted by Crippen LogP contribution is -2.49. The van der Waals surface area contributed by atoms with Crippen LogP contribution in [-0.2, 0) is 9.53 Å². The van der Waals surface area contributed by atoms with Crippen molar-refractivity contribution in [3.8, 4) is 0 Å². The van der Waals surface area contributed by atoms with Gasteiger partial charge in [-0.25, -0.2) is 0 Å². The minimum atomic E-state index is -0.0836. The van der Waals surface area contributed by atoms with Crippen LogP contribution in [-0.4, -0.2) is 68.6 Å². The molecule has 0 saturated carbocycles. The monoisotopic (exact) mass is 534 g/mol. The molecule has 0 amide bonds. The Morgan fingerprint density at radius 1 is 1.28 bits per heavy atom. The number of thiophene rings is 1. The number of hydrogen-bond acceptors (Lipinski definition) is 5. The zero-order valence-corrected chi connectivity index (χ0v) is 20.9. The summed E-state index contributed by atoms with van der Waals surface area (Å²) in [5.41, 5.74) is 0. The lowest BCUT2D eigenvalue weighted by atomic mass is 9.97. The van der Waals surface area contributed by atoms with Crippen LogP contribution in [0.1, 0.15) is 43.5 Å². The average Bonchev–Trinajstić information content (AvgIpc) is 3.26. The zero-order chi connectivity index (χ0) is 19.9. The predicted octanol–water partition coefficient (Wildman–Crippen LogP) is 3.60. The molecule has 1 aromatic rings. The molecule has 1 unspecified atom stereocenters. The van der Waals surface area contributed by atoms with E-state index >= 15 is 0 Å². The maximum atomic E-state index is 11.8. The minimum absolute atomic E-state index is 0. The minimum Gasteiger partial charge on any atom is -0.469 e. The van der Waals surface area contributed by atoms with Crippen LogP contribution in [0.3, 0.4) is 0 Å². The number of esters is 1. The highest BCUT2D eigenvalue weighted by Crippen LogP contribution is 2.29. The van der Waals surface area contributed by atoms with Crippen molar-refractivity contribution >= 4 is 47.2 Å². The third-order valence-corrected chi connectivity index (χ3v) is 7.10. The van der Waals surface area contributed by atoms with Crippen molar-refractivity contribution in [1.82, 2.24) is 15.1 Å². The summed E-state index contributed by atoms with van der Waals surface area (Å²) >= 11 is 1.84. The number of likely N-dealkylation sites (tertiary alicyclic amines) is 2. The molecule has 2 fully saturated rings. The molecular formula is C21H35IN4O2S. The number of carbonyl (C=O) groups is 1. The normalized spacial score (nSPS) is 20.8. The topological polar surface area (TPSA) is 57.2 Å². The Morgan fingerprint density at radius 3 is 2.52 bits per heavy atom. The molecule has 1 atom stereocenters. The van der Waals surface area contributed by atoms with Gasteiger partial charge in [-0.2, -0.15) is 0 Å². The number of nitrogens with one attached hydrogen (secondary N) is 1. The second kappa shape index (κ2) is 12.1. The van der Waals surface area contributed by atoms with E-state index in [9.17, 15) is 4.79 Å². The predicted molar refractivity (Wildman–Crippen MR) is 130 cm³/mol. The molecule has 2 saturated heterocycles. The number of ether oxygens (including phenoxy) is 1. The Labute approximate surface area is 196 Å². The molecule has 6 nitrogen and oxygen atoms in total. The molecule has 0 aromatic carbocycles. The number of methoxy groups -OCH3 is 1. The fourth-order valence-electron chi connectivity index (χ4n) is 4.24. The van der Waals surface area contributed by atoms with E-state index in [-0.39, 0.29) is 35.9 Å². The molecule has 8 heteroatoms. The number of nitrogens with zero attached hydrogens (tertiary/aromatic N) is 3. The quantitative estimate of drug-likeness (QED) is 0.271. The van der Waals surface area contributed by atoms with E-state index in [4.69, 9.17) is 4.74 Å². The van der Waals surface area contributed by atoms with Gasteiger partial charge in [-0.3, -0.25) is 14.7 Å². The van der Waals surface area contributed by atoms with E-state index in [0.717, 1.165) is 57.4 Å². The van der Waals surface area contributed by atoms with Gasteiger partial charge in [-0.05, 0) is 56.1 Å². The van der Waals surface area contributed by atoms with E-state index < -0.39 is 0 Å². The van der Waals surface area contributed by atoms with Crippen LogP contribution < -0.4 is 5.32 Å². The third kappa shape index (κ3) is 6.55. The van der Waals surface area contributed by atoms with Crippen LogP contribution in [0.15, 0.2) is 22.5 Å². The van der Waals surface area contributed by atoms with Crippen molar-refractivity contribution in [3.05, 3.63) is 22.4 Å². The fourth-order valence-corrected chi connectivity index (χ4v) is 5.11. The molecule has 0 aliphatic carbocycles. The number of halogens is 1. The highest BCUT2D eigenvalue weighted by atomic mass is 127. The van der Waals surface area contributed by atoms with Crippen LogP contribution in [0.5, 0.6) is 0 Å². The molecule has 0 radical (unpaired) electrons. The van der Waals surface area contributed by atoms with Gasteiger partial charge in [0.15, 0.2) is 5.96 Å². The van der Waals surface area contributed by atoms with E-state index in [1.807, 2.05) is 18.4 Å². The Balaban J connectivity index is 0.00000300. The standard InChI is InChI=1S/C21H34N4O2S.HI/c1-16-6-10-24(11-7-16)18(19-5-4-14-28-19)15-23-21(22-2)25-12-8-17(9-13-25)20(26)27-3;/h4-5,14,16-18H,6-13,15H2,1-3H3,(H,22,23);1H. The molecule has 0 spiro atoms. The molecule has 29 heavy (non-hydrogen) atoms. The van der Waals surface area contributed by atoms with Crippen molar-refractivity contribution in [2.45, 2.75) is 38.6 Å². The Morgan fingerprint density at radius 2 is 1.97 bits per heavy atom. The Kier molecular flexibility index (Phi) is 10.2. The highest BCUT2D eigenvalue weighted by Gasteiger charge is 2.29. The fraction of sp³-hybridized carbons (Fsp3) is 0.714. The van der Waals surface area contributed by atoms with Crippen LogP contribution in [0.2, 0.25) is 0 Å². The van der Waals surface area contributed by atoms with Crippen molar-refractivity contribution < 1.29 is 9.53 Å². The first-order valence-corrected chi connectivity index (χ1v) is 11.3. The summed E-state index contributed by atoms with van der Waals surface area (Å²) in [6.45, 7) is 7.21. The zero-order valence-electron chi connectivity index (χ0n) is 17.8. The van der Waals surface area contributed by atoms with Gasteiger partial charge < -0.3 is 15.0 Å². The first kappa shape index (κ1) is 24.4. The summed E-state index contributed by atoms with van der Waals surface area (Å²) in [5, 5.41) is 5.79. The van der Waals surface area contributed by atoms with Gasteiger partial charge in [-0.1, -0.05) is 13.0 Å². The summed E-state index contributed by atoms with van der Waals surface area (Å²) < 4.78 is 4.90. The van der Waals surface area contributed by atoms with Crippen LogP contribution >= 0.6 is 35.3 Å². The van der Waals surface area contributed by atoms with Crippen LogP contribution in [0.4, 0.5) is 0 Å². The Hall–Kier alpha value is -0.870. The summed E-state index contributed by atoms with van der Waals surface area (Å²) in [4.78, 5) is 22.6. The number of piperidine rings is 2. The van der Waals surface area contributed by atoms with Crippen LogP contribution in [0.25, 0.3) is 0 Å². The molecule has 3 rings (SSSR count). The van der Waals surface area contributed by atoms with E-state index in [1.54, 1.807) is 0 Å². The number of hydrogen-bond donors (Lipinski definition) is 1. The van der Waals surface area contributed by atoms with Gasteiger partial charge in [0.2, 0.25) is 0 Å². The average molecular weight is 535 g/mol. The van der Waals surface area contributed by atoms with E-state index in [0.29, 0.717) is 6.04 Å². The van der Waals surface area contributed by atoms with Gasteiger partial charge >= 0.3 is 5.97 Å². The maximum absolute atomic E-state index is 11.8. The number of aliphatic imine (C=N–C) groups is 1. The van der Waals surface area contributed by atoms with Crippen LogP contribution in [0, 0.1) is 11.8 Å². The van der Waals surface area contributed by atoms with E-state index in [2.05, 4.69) is 44.5 Å². The summed E-state index contributed by atoms with van der Waals surface area (Å²) in [6.07, 6.45) is 4.20. The summed E-state index contributed by atoms with van der Waals surface area (Å²) in [7, 11) is 3.32. The second-order valence-electron chi connectivity index (χ2n) is 7.96. The van der Waals surface area contributed by atoms with Gasteiger partial charge in [0.25, 0.3) is 0 Å². The highest BCUT2D eigenvalue weighted by molar-refractivity contribution is 14.0. The second-order valence-corrected chi connectivity index (χ2v) is 8.94. The van der Waals surface area contributed by atoms with Gasteiger partial charge in [0.1, 0.15) is 0 Å². The van der Waals surface area contributed by atoms with Gasteiger partial charge in [0, 0.05) is 31.6 Å². The molecule has 3 heterocycles. The number of guanidine groups is 1.